The molecular formula is C13H15N3O5. The number of rotatable bonds is 7. The lowest BCUT2D eigenvalue weighted by Crippen LogP contribution is -2.19. The van der Waals surface area contributed by atoms with Crippen LogP contribution in [0.4, 0.5) is 11.4 Å². The molecule has 0 unspecified atom stereocenters. The standard InChI is InChI=1S/C13H15N3O5/c1-20-12(17)8-7-11(13(18)21-2)15-14-9-5-3-4-6-10(9)16-19/h3-6,14H,7-8H2,1-2H3/b15-11+. The number of anilines is 1. The summed E-state index contributed by atoms with van der Waals surface area (Å²) in [4.78, 5) is 33.3. The van der Waals surface area contributed by atoms with Crippen molar-refractivity contribution in [3.63, 3.8) is 0 Å². The molecule has 8 heteroatoms. The van der Waals surface area contributed by atoms with Gasteiger partial charge >= 0.3 is 11.9 Å². The van der Waals surface area contributed by atoms with Crippen LogP contribution in [-0.4, -0.2) is 31.9 Å². The highest BCUT2D eigenvalue weighted by Crippen LogP contribution is 2.23. The summed E-state index contributed by atoms with van der Waals surface area (Å²) in [6.45, 7) is 0. The van der Waals surface area contributed by atoms with Crippen LogP contribution in [0.1, 0.15) is 12.8 Å². The first kappa shape index (κ1) is 16.3. The fourth-order valence-electron chi connectivity index (χ4n) is 1.42. The highest BCUT2D eigenvalue weighted by atomic mass is 16.5. The Morgan fingerprint density at radius 1 is 1.14 bits per heavy atom. The van der Waals surface area contributed by atoms with E-state index in [1.165, 1.54) is 20.3 Å². The maximum atomic E-state index is 11.6. The SMILES string of the molecule is COC(=O)CC/C(=N\Nc1ccccc1N=O)C(=O)OC. The van der Waals surface area contributed by atoms with Crippen molar-refractivity contribution in [1.82, 2.24) is 0 Å². The monoisotopic (exact) mass is 293 g/mol. The Morgan fingerprint density at radius 2 is 1.86 bits per heavy atom. The highest BCUT2D eigenvalue weighted by molar-refractivity contribution is 6.36. The van der Waals surface area contributed by atoms with E-state index in [9.17, 15) is 14.5 Å². The zero-order valence-electron chi connectivity index (χ0n) is 11.7. The number of nitrogens with one attached hydrogen (secondary N) is 1. The molecule has 1 N–H and O–H groups in total. The summed E-state index contributed by atoms with van der Waals surface area (Å²) in [6.07, 6.45) is 0.0305. The van der Waals surface area contributed by atoms with Crippen LogP contribution in [0.5, 0.6) is 0 Å². The first-order valence-corrected chi connectivity index (χ1v) is 6.02. The number of hydrogen-bond acceptors (Lipinski definition) is 8. The second-order valence-corrected chi connectivity index (χ2v) is 3.85. The van der Waals surface area contributed by atoms with Crippen LogP contribution in [0.2, 0.25) is 0 Å². The zero-order chi connectivity index (χ0) is 15.7. The Kier molecular flexibility index (Phi) is 6.52. The van der Waals surface area contributed by atoms with Gasteiger partial charge in [0.25, 0.3) is 0 Å². The first-order valence-electron chi connectivity index (χ1n) is 6.02. The first-order chi connectivity index (χ1) is 10.1. The molecule has 1 aromatic carbocycles. The lowest BCUT2D eigenvalue weighted by atomic mass is 10.2. The minimum Gasteiger partial charge on any atom is -0.469 e. The predicted molar refractivity (Wildman–Crippen MR) is 76.2 cm³/mol. The molecule has 0 heterocycles. The number of nitrogens with zero attached hydrogens (tertiary/aromatic N) is 2. The van der Waals surface area contributed by atoms with E-state index in [0.29, 0.717) is 5.69 Å². The zero-order valence-corrected chi connectivity index (χ0v) is 11.7. The summed E-state index contributed by atoms with van der Waals surface area (Å²) in [5.41, 5.74) is 3.06. The number of hydrogen-bond donors (Lipinski definition) is 1. The number of nitroso groups, excluding NO2 is 1. The van der Waals surface area contributed by atoms with Crippen molar-refractivity contribution in [2.24, 2.45) is 10.3 Å². The van der Waals surface area contributed by atoms with E-state index in [1.807, 2.05) is 0 Å². The lowest BCUT2D eigenvalue weighted by molar-refractivity contribution is -0.140. The third-order valence-corrected chi connectivity index (χ3v) is 2.53. The van der Waals surface area contributed by atoms with Crippen molar-refractivity contribution < 1.29 is 19.1 Å². The summed E-state index contributed by atoms with van der Waals surface area (Å²) in [5, 5.41) is 6.69. The quantitative estimate of drug-likeness (QED) is 0.356. The largest absolute Gasteiger partial charge is 0.469 e. The van der Waals surface area contributed by atoms with Crippen LogP contribution in [0.15, 0.2) is 34.5 Å². The third kappa shape index (κ3) is 5.01. The van der Waals surface area contributed by atoms with Gasteiger partial charge < -0.3 is 9.47 Å². The number of methoxy groups -OCH3 is 2. The number of esters is 2. The Morgan fingerprint density at radius 3 is 2.48 bits per heavy atom. The van der Waals surface area contributed by atoms with Crippen LogP contribution in [-0.2, 0) is 19.1 Å². The summed E-state index contributed by atoms with van der Waals surface area (Å²) in [7, 11) is 2.46. The summed E-state index contributed by atoms with van der Waals surface area (Å²) in [6, 6.07) is 6.40. The van der Waals surface area contributed by atoms with E-state index in [0.717, 1.165) is 0 Å². The minimum absolute atomic E-state index is 0.00334. The van der Waals surface area contributed by atoms with Crippen molar-refractivity contribution in [3.05, 3.63) is 29.2 Å². The molecule has 0 radical (unpaired) electrons. The van der Waals surface area contributed by atoms with Gasteiger partial charge in [-0.3, -0.25) is 10.2 Å². The molecule has 1 aromatic rings. The number of carbonyl (C=O) groups is 2. The molecule has 21 heavy (non-hydrogen) atoms. The molecule has 8 nitrogen and oxygen atoms in total. The molecule has 0 spiro atoms. The molecule has 0 amide bonds. The van der Waals surface area contributed by atoms with Crippen molar-refractivity contribution >= 4 is 29.0 Å². The number of hydrazone groups is 1. The Labute approximate surface area is 121 Å². The van der Waals surface area contributed by atoms with Crippen LogP contribution < -0.4 is 5.43 Å². The number of ether oxygens (including phenoxy) is 2. The van der Waals surface area contributed by atoms with Gasteiger partial charge in [0.1, 0.15) is 11.4 Å². The highest BCUT2D eigenvalue weighted by Gasteiger charge is 2.14. The lowest BCUT2D eigenvalue weighted by Gasteiger charge is -2.06. The van der Waals surface area contributed by atoms with E-state index in [4.69, 9.17) is 0 Å². The third-order valence-electron chi connectivity index (χ3n) is 2.53. The van der Waals surface area contributed by atoms with Gasteiger partial charge in [0, 0.05) is 6.42 Å². The molecule has 0 aliphatic heterocycles. The second-order valence-electron chi connectivity index (χ2n) is 3.85. The normalized spacial score (nSPS) is 10.7. The van der Waals surface area contributed by atoms with E-state index in [-0.39, 0.29) is 24.2 Å². The van der Waals surface area contributed by atoms with Gasteiger partial charge in [-0.2, -0.15) is 5.10 Å². The fraction of sp³-hybridized carbons (Fsp3) is 0.308. The molecule has 0 aromatic heterocycles. The number of para-hydroxylation sites is 1. The molecule has 0 bridgehead atoms. The van der Waals surface area contributed by atoms with Gasteiger partial charge in [-0.15, -0.1) is 4.91 Å². The van der Waals surface area contributed by atoms with Crippen molar-refractivity contribution in [2.75, 3.05) is 19.6 Å². The maximum absolute atomic E-state index is 11.6. The van der Waals surface area contributed by atoms with Gasteiger partial charge in [-0.05, 0) is 17.3 Å². The number of carbonyl (C=O) groups excluding carboxylic acids is 2. The molecule has 0 aliphatic carbocycles. The minimum atomic E-state index is -0.678. The van der Waals surface area contributed by atoms with Gasteiger partial charge in [-0.1, -0.05) is 12.1 Å². The average molecular weight is 293 g/mol. The van der Waals surface area contributed by atoms with Gasteiger partial charge in [-0.25, -0.2) is 4.79 Å². The van der Waals surface area contributed by atoms with Crippen LogP contribution in [0.3, 0.4) is 0 Å². The van der Waals surface area contributed by atoms with E-state index in [1.54, 1.807) is 18.2 Å². The van der Waals surface area contributed by atoms with Crippen LogP contribution in [0, 0.1) is 4.91 Å². The van der Waals surface area contributed by atoms with Crippen LogP contribution >= 0.6 is 0 Å². The molecule has 0 saturated heterocycles. The van der Waals surface area contributed by atoms with Crippen molar-refractivity contribution in [1.29, 1.82) is 0 Å². The second kappa shape index (κ2) is 8.41. The van der Waals surface area contributed by atoms with Crippen molar-refractivity contribution in [3.8, 4) is 0 Å². The Balaban J connectivity index is 2.85. The van der Waals surface area contributed by atoms with Crippen molar-refractivity contribution in [2.45, 2.75) is 12.8 Å². The molecule has 1 rings (SSSR count). The maximum Gasteiger partial charge on any atom is 0.354 e. The molecule has 0 fully saturated rings. The van der Waals surface area contributed by atoms with Gasteiger partial charge in [0.2, 0.25) is 0 Å². The predicted octanol–water partition coefficient (Wildman–Crippen LogP) is 1.98. The fourth-order valence-corrected chi connectivity index (χ4v) is 1.42. The Hall–Kier alpha value is -2.77. The Bertz CT molecular complexity index is 556. The summed E-state index contributed by atoms with van der Waals surface area (Å²) in [5.74, 6) is -1.15. The summed E-state index contributed by atoms with van der Waals surface area (Å²) < 4.78 is 9.07. The average Bonchev–Trinajstić information content (AvgIpc) is 2.54. The van der Waals surface area contributed by atoms with Crippen LogP contribution in [0.25, 0.3) is 0 Å². The van der Waals surface area contributed by atoms with E-state index in [2.05, 4.69) is 25.2 Å². The smallest absolute Gasteiger partial charge is 0.354 e. The molecule has 0 atom stereocenters. The van der Waals surface area contributed by atoms with E-state index < -0.39 is 11.9 Å². The van der Waals surface area contributed by atoms with Gasteiger partial charge in [0.15, 0.2) is 0 Å². The summed E-state index contributed by atoms with van der Waals surface area (Å²) >= 11 is 0. The van der Waals surface area contributed by atoms with Gasteiger partial charge in [0.05, 0.1) is 26.3 Å². The topological polar surface area (TPSA) is 106 Å². The van der Waals surface area contributed by atoms with E-state index >= 15 is 0 Å². The molecule has 0 saturated carbocycles. The molecule has 112 valence electrons. The number of benzene rings is 1. The molecular weight excluding hydrogens is 278 g/mol. The molecule has 0 aliphatic rings.